The van der Waals surface area contributed by atoms with Crippen LogP contribution in [0, 0.1) is 0 Å². The fourth-order valence-electron chi connectivity index (χ4n) is 0.282. The van der Waals surface area contributed by atoms with Crippen molar-refractivity contribution >= 4 is 18.5 Å². The van der Waals surface area contributed by atoms with Crippen LogP contribution in [-0.2, 0) is 0 Å². The van der Waals surface area contributed by atoms with Gasteiger partial charge >= 0.3 is 0 Å². The maximum atomic E-state index is 5.23. The molecule has 0 amide bonds. The van der Waals surface area contributed by atoms with Gasteiger partial charge in [0.25, 0.3) is 0 Å². The van der Waals surface area contributed by atoms with Crippen molar-refractivity contribution in [1.29, 1.82) is 0 Å². The summed E-state index contributed by atoms with van der Waals surface area (Å²) in [5.74, 6) is 0.225. The highest BCUT2D eigenvalue weighted by Crippen LogP contribution is 1.67. The van der Waals surface area contributed by atoms with Crippen LogP contribution in [-0.4, -0.2) is 25.6 Å². The molecule has 4 nitrogen and oxygen atoms in total. The maximum Gasteiger partial charge on any atom is 0.221 e. The van der Waals surface area contributed by atoms with E-state index >= 15 is 0 Å². The zero-order chi connectivity index (χ0) is 7.11. The second-order valence-electron chi connectivity index (χ2n) is 1.25. The molecule has 0 fully saturated rings. The second-order valence-corrected chi connectivity index (χ2v) is 1.25. The third-order valence-corrected chi connectivity index (χ3v) is 0.567. The number of hydrogen-bond donors (Lipinski definition) is 1. The summed E-state index contributed by atoms with van der Waals surface area (Å²) in [6.45, 7) is 1.77. The molecule has 0 saturated heterocycles. The van der Waals surface area contributed by atoms with Gasteiger partial charge in [-0.1, -0.05) is 0 Å². The van der Waals surface area contributed by atoms with E-state index in [2.05, 4.69) is 15.0 Å². The van der Waals surface area contributed by atoms with Gasteiger partial charge in [-0.05, 0) is 6.92 Å². The van der Waals surface area contributed by atoms with E-state index in [0.717, 1.165) is 0 Å². The third kappa shape index (κ3) is 4.67. The van der Waals surface area contributed by atoms with Gasteiger partial charge in [0, 0.05) is 13.3 Å². The molecule has 9 heavy (non-hydrogen) atoms. The van der Waals surface area contributed by atoms with Crippen LogP contribution in [0.15, 0.2) is 15.0 Å². The van der Waals surface area contributed by atoms with Crippen molar-refractivity contribution in [3.63, 3.8) is 0 Å². The molecule has 0 aliphatic carbocycles. The lowest BCUT2D eigenvalue weighted by molar-refractivity contribution is 1.42. The predicted molar refractivity (Wildman–Crippen MR) is 40.2 cm³/mol. The SMILES string of the molecule is C\C=N/C(N)=N\C=N/C. The average Bonchev–Trinajstić information content (AvgIpc) is 1.85. The van der Waals surface area contributed by atoms with Gasteiger partial charge in [-0.3, -0.25) is 4.99 Å². The zero-order valence-corrected chi connectivity index (χ0v) is 5.57. The summed E-state index contributed by atoms with van der Waals surface area (Å²) in [7, 11) is 1.62. The van der Waals surface area contributed by atoms with E-state index in [9.17, 15) is 0 Å². The van der Waals surface area contributed by atoms with E-state index in [0.29, 0.717) is 0 Å². The number of rotatable bonds is 1. The Kier molecular flexibility index (Phi) is 4.30. The Morgan fingerprint density at radius 3 is 2.67 bits per heavy atom. The first-order valence-corrected chi connectivity index (χ1v) is 2.54. The van der Waals surface area contributed by atoms with E-state index in [1.165, 1.54) is 6.34 Å². The number of hydrogen-bond acceptors (Lipinski definition) is 1. The highest BCUT2D eigenvalue weighted by molar-refractivity contribution is 5.90. The molecule has 0 atom stereocenters. The quantitative estimate of drug-likeness (QED) is 0.391. The van der Waals surface area contributed by atoms with Gasteiger partial charge in [0.1, 0.15) is 6.34 Å². The Bertz CT molecular complexity index is 145. The fourth-order valence-corrected chi connectivity index (χ4v) is 0.282. The Labute approximate surface area is 54.2 Å². The number of nitrogens with zero attached hydrogens (tertiary/aromatic N) is 3. The summed E-state index contributed by atoms with van der Waals surface area (Å²) in [4.78, 5) is 10.9. The van der Waals surface area contributed by atoms with Crippen molar-refractivity contribution in [2.24, 2.45) is 20.7 Å². The summed E-state index contributed by atoms with van der Waals surface area (Å²) in [6.07, 6.45) is 2.92. The van der Waals surface area contributed by atoms with Crippen molar-refractivity contribution in [3.8, 4) is 0 Å². The number of guanidine groups is 1. The summed E-state index contributed by atoms with van der Waals surface area (Å²) < 4.78 is 0. The zero-order valence-electron chi connectivity index (χ0n) is 5.57. The van der Waals surface area contributed by atoms with E-state index in [1.807, 2.05) is 0 Å². The van der Waals surface area contributed by atoms with E-state index in [4.69, 9.17) is 5.73 Å². The minimum atomic E-state index is 0.225. The monoisotopic (exact) mass is 126 g/mol. The molecule has 2 N–H and O–H groups in total. The molecule has 0 heterocycles. The molecule has 0 radical (unpaired) electrons. The summed E-state index contributed by atoms with van der Waals surface area (Å²) >= 11 is 0. The summed E-state index contributed by atoms with van der Waals surface area (Å²) in [6, 6.07) is 0. The topological polar surface area (TPSA) is 63.1 Å². The molecular weight excluding hydrogens is 116 g/mol. The molecule has 0 aliphatic rings. The lowest BCUT2D eigenvalue weighted by Crippen LogP contribution is -2.07. The van der Waals surface area contributed by atoms with Crippen molar-refractivity contribution in [1.82, 2.24) is 0 Å². The normalized spacial score (nSPS) is 13.8. The van der Waals surface area contributed by atoms with Gasteiger partial charge in [-0.15, -0.1) is 0 Å². The summed E-state index contributed by atoms with van der Waals surface area (Å²) in [5.41, 5.74) is 5.23. The minimum absolute atomic E-state index is 0.225. The van der Waals surface area contributed by atoms with Crippen LogP contribution in [0.3, 0.4) is 0 Å². The molecule has 0 spiro atoms. The van der Waals surface area contributed by atoms with E-state index < -0.39 is 0 Å². The molecular formula is C5H10N4. The van der Waals surface area contributed by atoms with E-state index in [-0.39, 0.29) is 5.96 Å². The van der Waals surface area contributed by atoms with Crippen molar-refractivity contribution in [2.45, 2.75) is 6.92 Å². The van der Waals surface area contributed by atoms with Crippen LogP contribution < -0.4 is 5.73 Å². The van der Waals surface area contributed by atoms with Gasteiger partial charge in [0.05, 0.1) is 0 Å². The molecule has 0 bridgehead atoms. The molecule has 4 heteroatoms. The van der Waals surface area contributed by atoms with Crippen LogP contribution in [0.4, 0.5) is 0 Å². The Hall–Kier alpha value is -1.19. The lowest BCUT2D eigenvalue weighted by atomic mass is 10.8. The lowest BCUT2D eigenvalue weighted by Gasteiger charge is -1.83. The molecule has 0 aliphatic heterocycles. The molecule has 50 valence electrons. The average molecular weight is 126 g/mol. The molecule has 0 aromatic carbocycles. The first-order chi connectivity index (χ1) is 4.31. The van der Waals surface area contributed by atoms with Crippen LogP contribution in [0.1, 0.15) is 6.92 Å². The van der Waals surface area contributed by atoms with Gasteiger partial charge in [-0.2, -0.15) is 0 Å². The Balaban J connectivity index is 3.84. The van der Waals surface area contributed by atoms with Crippen LogP contribution in [0.25, 0.3) is 0 Å². The molecule has 0 aromatic heterocycles. The molecule has 0 rings (SSSR count). The van der Waals surface area contributed by atoms with Crippen molar-refractivity contribution in [2.75, 3.05) is 7.05 Å². The first-order valence-electron chi connectivity index (χ1n) is 2.54. The second kappa shape index (κ2) is 4.96. The Morgan fingerprint density at radius 2 is 2.22 bits per heavy atom. The number of aliphatic imine (C=N–C) groups is 3. The van der Waals surface area contributed by atoms with Gasteiger partial charge in [0.2, 0.25) is 5.96 Å². The van der Waals surface area contributed by atoms with Crippen LogP contribution in [0.2, 0.25) is 0 Å². The minimum Gasteiger partial charge on any atom is -0.368 e. The van der Waals surface area contributed by atoms with Gasteiger partial charge in [0.15, 0.2) is 0 Å². The third-order valence-electron chi connectivity index (χ3n) is 0.567. The summed E-state index contributed by atoms with van der Waals surface area (Å²) in [5, 5.41) is 0. The Morgan fingerprint density at radius 1 is 1.56 bits per heavy atom. The molecule has 0 saturated carbocycles. The molecule has 0 unspecified atom stereocenters. The highest BCUT2D eigenvalue weighted by Gasteiger charge is 1.76. The van der Waals surface area contributed by atoms with Gasteiger partial charge < -0.3 is 5.73 Å². The van der Waals surface area contributed by atoms with Crippen LogP contribution >= 0.6 is 0 Å². The standard InChI is InChI=1S/C5H10N4/c1-3-8-5(6)9-4-7-2/h3-4H,1-2H3,(H2,6,7,9)/b8-3-. The smallest absolute Gasteiger partial charge is 0.221 e. The van der Waals surface area contributed by atoms with Crippen molar-refractivity contribution < 1.29 is 0 Å². The maximum absolute atomic E-state index is 5.23. The van der Waals surface area contributed by atoms with Crippen LogP contribution in [0.5, 0.6) is 0 Å². The highest BCUT2D eigenvalue weighted by atomic mass is 15.0. The van der Waals surface area contributed by atoms with Gasteiger partial charge in [-0.25, -0.2) is 9.98 Å². The number of nitrogens with two attached hydrogens (primary N) is 1. The largest absolute Gasteiger partial charge is 0.368 e. The fraction of sp³-hybridized carbons (Fsp3) is 0.400. The van der Waals surface area contributed by atoms with E-state index in [1.54, 1.807) is 20.2 Å². The molecule has 0 aromatic rings. The van der Waals surface area contributed by atoms with Crippen molar-refractivity contribution in [3.05, 3.63) is 0 Å². The first kappa shape index (κ1) is 7.81. The predicted octanol–water partition coefficient (Wildman–Crippen LogP) is 0.0499.